The van der Waals surface area contributed by atoms with Crippen molar-refractivity contribution in [3.63, 3.8) is 0 Å². The number of rotatable bonds is 5. The standard InChI is InChI=1S/C18H25N3O5S/c1-18(2)15(16(24)25)21-13(23)10-14(21)27(18,11-22)17(26)20(3)9-7-12-6-4-5-8-19-12/h4-6,8,14-15,22H,7,9-11H2,1-3H3,(H,24,25)/t14-,15+/m1/s1. The summed E-state index contributed by atoms with van der Waals surface area (Å²) < 4.78 is -1.03. The second-order valence-electron chi connectivity index (χ2n) is 7.48. The number of carbonyl (C=O) groups excluding carboxylic acids is 2. The molecule has 0 radical (unpaired) electrons. The maximum atomic E-state index is 13.5. The Morgan fingerprint density at radius 2 is 2.11 bits per heavy atom. The molecule has 1 aromatic rings. The van der Waals surface area contributed by atoms with Crippen LogP contribution in [0.1, 0.15) is 26.0 Å². The van der Waals surface area contributed by atoms with Crippen molar-refractivity contribution in [2.24, 2.45) is 0 Å². The molecule has 3 atom stereocenters. The number of nitrogens with zero attached hydrogens (tertiary/aromatic N) is 3. The first-order valence-corrected chi connectivity index (χ1v) is 10.6. The van der Waals surface area contributed by atoms with Crippen molar-refractivity contribution >= 4 is 27.1 Å². The predicted molar refractivity (Wildman–Crippen MR) is 101 cm³/mol. The van der Waals surface area contributed by atoms with E-state index in [9.17, 15) is 24.6 Å². The lowest BCUT2D eigenvalue weighted by atomic mass is 9.98. The second-order valence-corrected chi connectivity index (χ2v) is 11.3. The van der Waals surface area contributed by atoms with E-state index in [1.807, 2.05) is 18.2 Å². The molecule has 0 aliphatic carbocycles. The zero-order valence-electron chi connectivity index (χ0n) is 15.7. The summed E-state index contributed by atoms with van der Waals surface area (Å²) in [7, 11) is -0.824. The number of aliphatic carboxylic acids is 1. The van der Waals surface area contributed by atoms with Crippen LogP contribution in [0.5, 0.6) is 0 Å². The quantitative estimate of drug-likeness (QED) is 0.726. The van der Waals surface area contributed by atoms with Gasteiger partial charge in [0.25, 0.3) is 5.24 Å². The number of amides is 2. The molecule has 3 heterocycles. The third-order valence-electron chi connectivity index (χ3n) is 5.78. The second kappa shape index (κ2) is 6.79. The largest absolute Gasteiger partial charge is 0.480 e. The zero-order valence-corrected chi connectivity index (χ0v) is 16.5. The molecule has 0 aromatic carbocycles. The monoisotopic (exact) mass is 395 g/mol. The summed E-state index contributed by atoms with van der Waals surface area (Å²) in [6.07, 6.45) is 2.36. The molecule has 27 heavy (non-hydrogen) atoms. The lowest BCUT2D eigenvalue weighted by Crippen LogP contribution is -2.57. The summed E-state index contributed by atoms with van der Waals surface area (Å²) in [4.78, 5) is 44.5. The van der Waals surface area contributed by atoms with Crippen molar-refractivity contribution in [1.82, 2.24) is 14.8 Å². The van der Waals surface area contributed by atoms with Crippen LogP contribution in [-0.4, -0.2) is 77.8 Å². The Labute approximate surface area is 159 Å². The van der Waals surface area contributed by atoms with Crippen molar-refractivity contribution in [3.8, 4) is 0 Å². The Morgan fingerprint density at radius 3 is 2.59 bits per heavy atom. The molecule has 2 amide bonds. The topological polar surface area (TPSA) is 111 Å². The SMILES string of the molecule is CN(CCc1ccccn1)C(=O)S1(CO)[C@@H]2CC(=O)N2[C@@H](C(=O)O)C1(C)C. The zero-order chi connectivity index (χ0) is 20.0. The Morgan fingerprint density at radius 1 is 1.41 bits per heavy atom. The van der Waals surface area contributed by atoms with Gasteiger partial charge in [0.15, 0.2) is 0 Å². The van der Waals surface area contributed by atoms with Gasteiger partial charge in [-0.25, -0.2) is 4.79 Å². The minimum atomic E-state index is -2.48. The van der Waals surface area contributed by atoms with Crippen LogP contribution >= 0.6 is 10.0 Å². The summed E-state index contributed by atoms with van der Waals surface area (Å²) >= 11 is 0. The highest BCUT2D eigenvalue weighted by atomic mass is 32.3. The third kappa shape index (κ3) is 2.71. The summed E-state index contributed by atoms with van der Waals surface area (Å²) in [5, 5.41) is 19.2. The molecule has 2 aliphatic heterocycles. The average Bonchev–Trinajstić information content (AvgIpc) is 2.80. The van der Waals surface area contributed by atoms with Gasteiger partial charge in [-0.05, 0) is 26.0 Å². The Hall–Kier alpha value is -2.13. The van der Waals surface area contributed by atoms with Crippen LogP contribution in [0.3, 0.4) is 0 Å². The maximum absolute atomic E-state index is 13.5. The number of hydrogen-bond donors (Lipinski definition) is 2. The number of carboxylic acids is 1. The molecule has 2 fully saturated rings. The van der Waals surface area contributed by atoms with Gasteiger partial charge in [-0.15, -0.1) is 10.0 Å². The number of likely N-dealkylation sites (N-methyl/N-ethyl adjacent to an activating group) is 1. The van der Waals surface area contributed by atoms with E-state index in [0.29, 0.717) is 13.0 Å². The van der Waals surface area contributed by atoms with Gasteiger partial charge >= 0.3 is 5.97 Å². The summed E-state index contributed by atoms with van der Waals surface area (Å²) in [6, 6.07) is 4.47. The molecular weight excluding hydrogens is 370 g/mol. The highest BCUT2D eigenvalue weighted by Gasteiger charge is 2.71. The number of aliphatic hydroxyl groups excluding tert-OH is 1. The molecule has 2 N–H and O–H groups in total. The van der Waals surface area contributed by atoms with Crippen LogP contribution in [0, 0.1) is 0 Å². The van der Waals surface area contributed by atoms with E-state index in [4.69, 9.17) is 0 Å². The molecule has 1 aromatic heterocycles. The summed E-state index contributed by atoms with van der Waals surface area (Å²) in [5.41, 5.74) is 0.847. The molecule has 148 valence electrons. The Kier molecular flexibility index (Phi) is 4.94. The van der Waals surface area contributed by atoms with Gasteiger partial charge in [0.1, 0.15) is 6.04 Å². The number of β-lactam (4-membered cyclic amide) rings is 1. The van der Waals surface area contributed by atoms with E-state index in [-0.39, 0.29) is 17.6 Å². The smallest absolute Gasteiger partial charge is 0.327 e. The molecule has 0 saturated carbocycles. The van der Waals surface area contributed by atoms with Crippen LogP contribution in [0.2, 0.25) is 0 Å². The van der Waals surface area contributed by atoms with Gasteiger partial charge in [-0.1, -0.05) is 6.07 Å². The average molecular weight is 395 g/mol. The lowest BCUT2D eigenvalue weighted by molar-refractivity contribution is -0.157. The number of hydrogen-bond acceptors (Lipinski definition) is 5. The Bertz CT molecular complexity index is 772. The molecule has 1 unspecified atom stereocenters. The van der Waals surface area contributed by atoms with E-state index >= 15 is 0 Å². The Balaban J connectivity index is 1.88. The van der Waals surface area contributed by atoms with Crippen molar-refractivity contribution in [3.05, 3.63) is 30.1 Å². The van der Waals surface area contributed by atoms with E-state index in [1.165, 1.54) is 4.90 Å². The first-order valence-electron chi connectivity index (χ1n) is 8.78. The number of fused-ring (bicyclic) bond motifs is 1. The van der Waals surface area contributed by atoms with Crippen molar-refractivity contribution in [2.45, 2.75) is 42.9 Å². The fraction of sp³-hybridized carbons (Fsp3) is 0.556. The number of carbonyl (C=O) groups is 3. The van der Waals surface area contributed by atoms with Crippen LogP contribution in [-0.2, 0) is 16.0 Å². The molecular formula is C18H25N3O5S. The number of carboxylic acid groups (broad SMARTS) is 1. The number of aromatic nitrogens is 1. The molecule has 2 aliphatic rings. The van der Waals surface area contributed by atoms with E-state index in [2.05, 4.69) is 4.98 Å². The van der Waals surface area contributed by atoms with Gasteiger partial charge in [0.2, 0.25) is 5.91 Å². The van der Waals surface area contributed by atoms with Gasteiger partial charge in [0, 0.05) is 36.7 Å². The maximum Gasteiger partial charge on any atom is 0.327 e. The predicted octanol–water partition coefficient (Wildman–Crippen LogP) is 1.23. The first-order chi connectivity index (χ1) is 12.7. The molecule has 0 spiro atoms. The van der Waals surface area contributed by atoms with Crippen LogP contribution < -0.4 is 0 Å². The van der Waals surface area contributed by atoms with Crippen molar-refractivity contribution in [2.75, 3.05) is 19.5 Å². The fourth-order valence-corrected chi connectivity index (χ4v) is 8.51. The van der Waals surface area contributed by atoms with Crippen LogP contribution in [0.15, 0.2) is 24.4 Å². The number of aliphatic hydroxyl groups is 1. The van der Waals surface area contributed by atoms with Crippen LogP contribution in [0.25, 0.3) is 0 Å². The van der Waals surface area contributed by atoms with Crippen LogP contribution in [0.4, 0.5) is 4.79 Å². The van der Waals surface area contributed by atoms with E-state index in [1.54, 1.807) is 32.0 Å². The molecule has 8 nitrogen and oxygen atoms in total. The molecule has 3 rings (SSSR count). The lowest BCUT2D eigenvalue weighted by Gasteiger charge is -2.50. The van der Waals surface area contributed by atoms with Gasteiger partial charge in [0.05, 0.1) is 17.7 Å². The highest BCUT2D eigenvalue weighted by molar-refractivity contribution is 8.46. The molecule has 9 heteroatoms. The van der Waals surface area contributed by atoms with Gasteiger partial charge in [-0.3, -0.25) is 14.6 Å². The third-order valence-corrected chi connectivity index (χ3v) is 10.5. The van der Waals surface area contributed by atoms with Crippen molar-refractivity contribution in [1.29, 1.82) is 0 Å². The first kappa shape index (κ1) is 19.6. The minimum absolute atomic E-state index is 0.114. The van der Waals surface area contributed by atoms with Gasteiger partial charge < -0.3 is 20.0 Å². The summed E-state index contributed by atoms with van der Waals surface area (Å²) in [6.45, 7) is 3.78. The van der Waals surface area contributed by atoms with Crippen molar-refractivity contribution < 1.29 is 24.6 Å². The minimum Gasteiger partial charge on any atom is -0.480 e. The van der Waals surface area contributed by atoms with E-state index in [0.717, 1.165) is 5.69 Å². The molecule has 2 saturated heterocycles. The fourth-order valence-electron chi connectivity index (χ4n) is 4.20. The number of pyridine rings is 1. The summed E-state index contributed by atoms with van der Waals surface area (Å²) in [5.74, 6) is -1.83. The normalized spacial score (nSPS) is 30.8. The van der Waals surface area contributed by atoms with E-state index < -0.39 is 38.1 Å². The molecule has 0 bridgehead atoms. The highest BCUT2D eigenvalue weighted by Crippen LogP contribution is 2.74. The van der Waals surface area contributed by atoms with Gasteiger partial charge in [-0.2, -0.15) is 0 Å².